The van der Waals surface area contributed by atoms with Crippen molar-refractivity contribution in [1.29, 1.82) is 0 Å². The Bertz CT molecular complexity index is 270. The first-order valence-corrected chi connectivity index (χ1v) is 5.00. The standard InChI is InChI=1S/C10H19N3O/c1-8(2)9(4-7-14)12-10-11-5-6-13(10)3/h5-6,8-9,14H,4,7H2,1-3H3,(H,11,12). The Labute approximate surface area is 85.0 Å². The zero-order chi connectivity index (χ0) is 10.6. The maximum Gasteiger partial charge on any atom is 0.202 e. The third-order valence-electron chi connectivity index (χ3n) is 2.38. The smallest absolute Gasteiger partial charge is 0.202 e. The first kappa shape index (κ1) is 11.0. The van der Waals surface area contributed by atoms with Gasteiger partial charge in [-0.05, 0) is 12.3 Å². The highest BCUT2D eigenvalue weighted by Gasteiger charge is 2.13. The van der Waals surface area contributed by atoms with E-state index in [0.29, 0.717) is 5.92 Å². The molecule has 1 aromatic rings. The zero-order valence-electron chi connectivity index (χ0n) is 9.07. The number of imidazole rings is 1. The van der Waals surface area contributed by atoms with Gasteiger partial charge in [-0.3, -0.25) is 0 Å². The van der Waals surface area contributed by atoms with E-state index >= 15 is 0 Å². The molecule has 0 amide bonds. The highest BCUT2D eigenvalue weighted by Crippen LogP contribution is 2.12. The van der Waals surface area contributed by atoms with E-state index < -0.39 is 0 Å². The van der Waals surface area contributed by atoms with Crippen LogP contribution in [0.25, 0.3) is 0 Å². The number of anilines is 1. The molecule has 0 saturated heterocycles. The average molecular weight is 197 g/mol. The number of aliphatic hydroxyl groups excluding tert-OH is 1. The van der Waals surface area contributed by atoms with E-state index in [2.05, 4.69) is 24.1 Å². The van der Waals surface area contributed by atoms with Gasteiger partial charge in [0.05, 0.1) is 0 Å². The molecule has 0 fully saturated rings. The Morgan fingerprint density at radius 3 is 2.71 bits per heavy atom. The van der Waals surface area contributed by atoms with Gasteiger partial charge in [-0.15, -0.1) is 0 Å². The summed E-state index contributed by atoms with van der Waals surface area (Å²) >= 11 is 0. The molecule has 1 aromatic heterocycles. The van der Waals surface area contributed by atoms with Crippen LogP contribution in [0.4, 0.5) is 5.95 Å². The van der Waals surface area contributed by atoms with Crippen LogP contribution in [0.1, 0.15) is 20.3 Å². The first-order valence-electron chi connectivity index (χ1n) is 5.00. The van der Waals surface area contributed by atoms with Crippen molar-refractivity contribution in [1.82, 2.24) is 9.55 Å². The fraction of sp³-hybridized carbons (Fsp3) is 0.700. The van der Waals surface area contributed by atoms with Crippen molar-refractivity contribution < 1.29 is 5.11 Å². The minimum atomic E-state index is 0.209. The Hall–Kier alpha value is -1.03. The van der Waals surface area contributed by atoms with E-state index in [1.165, 1.54) is 0 Å². The van der Waals surface area contributed by atoms with Gasteiger partial charge >= 0.3 is 0 Å². The van der Waals surface area contributed by atoms with Crippen molar-refractivity contribution in [2.24, 2.45) is 13.0 Å². The van der Waals surface area contributed by atoms with Crippen molar-refractivity contribution in [3.05, 3.63) is 12.4 Å². The van der Waals surface area contributed by atoms with Gasteiger partial charge in [-0.25, -0.2) is 4.98 Å². The lowest BCUT2D eigenvalue weighted by Gasteiger charge is -2.21. The third kappa shape index (κ3) is 2.73. The van der Waals surface area contributed by atoms with Crippen molar-refractivity contribution in [3.63, 3.8) is 0 Å². The molecule has 1 atom stereocenters. The van der Waals surface area contributed by atoms with E-state index in [4.69, 9.17) is 5.11 Å². The molecule has 1 heterocycles. The number of aromatic nitrogens is 2. The van der Waals surface area contributed by atoms with Crippen LogP contribution in [-0.2, 0) is 7.05 Å². The summed E-state index contributed by atoms with van der Waals surface area (Å²) in [6, 6.07) is 0.279. The predicted molar refractivity (Wildman–Crippen MR) is 57.2 cm³/mol. The molecule has 1 unspecified atom stereocenters. The van der Waals surface area contributed by atoms with Crippen LogP contribution in [-0.4, -0.2) is 27.3 Å². The lowest BCUT2D eigenvalue weighted by atomic mass is 10.0. The molecule has 4 heteroatoms. The van der Waals surface area contributed by atoms with Gasteiger partial charge in [0, 0.05) is 32.1 Å². The number of aryl methyl sites for hydroxylation is 1. The van der Waals surface area contributed by atoms with Crippen LogP contribution in [0.15, 0.2) is 12.4 Å². The molecular formula is C10H19N3O. The molecule has 0 aliphatic carbocycles. The molecule has 0 spiro atoms. The summed E-state index contributed by atoms with van der Waals surface area (Å²) in [5, 5.41) is 12.2. The Morgan fingerprint density at radius 1 is 1.57 bits per heavy atom. The van der Waals surface area contributed by atoms with Crippen molar-refractivity contribution >= 4 is 5.95 Å². The van der Waals surface area contributed by atoms with Crippen LogP contribution < -0.4 is 5.32 Å². The van der Waals surface area contributed by atoms with E-state index in [1.807, 2.05) is 17.8 Å². The fourth-order valence-electron chi connectivity index (χ4n) is 1.38. The molecule has 4 nitrogen and oxygen atoms in total. The second-order valence-electron chi connectivity index (χ2n) is 3.87. The summed E-state index contributed by atoms with van der Waals surface area (Å²) in [5.74, 6) is 1.34. The maximum atomic E-state index is 8.92. The molecule has 0 radical (unpaired) electrons. The normalized spacial score (nSPS) is 13.2. The SMILES string of the molecule is CC(C)C(CCO)Nc1nccn1C. The monoisotopic (exact) mass is 197 g/mol. The topological polar surface area (TPSA) is 50.1 Å². The summed E-state index contributed by atoms with van der Waals surface area (Å²) in [6.45, 7) is 4.48. The second-order valence-corrected chi connectivity index (χ2v) is 3.87. The number of nitrogens with zero attached hydrogens (tertiary/aromatic N) is 2. The number of hydrogen-bond acceptors (Lipinski definition) is 3. The molecule has 1 rings (SSSR count). The summed E-state index contributed by atoms with van der Waals surface area (Å²) < 4.78 is 1.94. The van der Waals surface area contributed by atoms with E-state index in [1.54, 1.807) is 6.20 Å². The summed E-state index contributed by atoms with van der Waals surface area (Å²) in [5.41, 5.74) is 0. The van der Waals surface area contributed by atoms with Crippen LogP contribution >= 0.6 is 0 Å². The minimum Gasteiger partial charge on any atom is -0.396 e. The lowest BCUT2D eigenvalue weighted by molar-refractivity contribution is 0.267. The molecule has 0 aliphatic rings. The van der Waals surface area contributed by atoms with Gasteiger partial charge in [0.1, 0.15) is 0 Å². The number of hydrogen-bond donors (Lipinski definition) is 2. The molecule has 2 N–H and O–H groups in total. The van der Waals surface area contributed by atoms with E-state index in [9.17, 15) is 0 Å². The van der Waals surface area contributed by atoms with Crippen LogP contribution in [0.2, 0.25) is 0 Å². The van der Waals surface area contributed by atoms with Crippen LogP contribution in [0.5, 0.6) is 0 Å². The quantitative estimate of drug-likeness (QED) is 0.746. The molecule has 0 aliphatic heterocycles. The highest BCUT2D eigenvalue weighted by molar-refractivity contribution is 5.27. The minimum absolute atomic E-state index is 0.209. The van der Waals surface area contributed by atoms with Gasteiger partial charge in [-0.1, -0.05) is 13.8 Å². The average Bonchev–Trinajstić information content (AvgIpc) is 2.51. The van der Waals surface area contributed by atoms with Gasteiger partial charge in [0.15, 0.2) is 0 Å². The summed E-state index contributed by atoms with van der Waals surface area (Å²) in [7, 11) is 1.95. The first-order chi connectivity index (χ1) is 6.65. The molecule has 80 valence electrons. The van der Waals surface area contributed by atoms with E-state index in [0.717, 1.165) is 12.4 Å². The largest absolute Gasteiger partial charge is 0.396 e. The highest BCUT2D eigenvalue weighted by atomic mass is 16.3. The molecule has 0 aromatic carbocycles. The second kappa shape index (κ2) is 5.00. The Kier molecular flexibility index (Phi) is 3.95. The molecular weight excluding hydrogens is 178 g/mol. The molecule has 14 heavy (non-hydrogen) atoms. The van der Waals surface area contributed by atoms with Gasteiger partial charge in [0.25, 0.3) is 0 Å². The fourth-order valence-corrected chi connectivity index (χ4v) is 1.38. The number of nitrogens with one attached hydrogen (secondary N) is 1. The molecule has 0 bridgehead atoms. The van der Waals surface area contributed by atoms with Gasteiger partial charge < -0.3 is 15.0 Å². The third-order valence-corrected chi connectivity index (χ3v) is 2.38. The van der Waals surface area contributed by atoms with Gasteiger partial charge in [-0.2, -0.15) is 0 Å². The van der Waals surface area contributed by atoms with E-state index in [-0.39, 0.29) is 12.6 Å². The van der Waals surface area contributed by atoms with Crippen LogP contribution in [0.3, 0.4) is 0 Å². The maximum absolute atomic E-state index is 8.92. The predicted octanol–water partition coefficient (Wildman–Crippen LogP) is 1.24. The zero-order valence-corrected chi connectivity index (χ0v) is 9.07. The van der Waals surface area contributed by atoms with Crippen molar-refractivity contribution in [3.8, 4) is 0 Å². The lowest BCUT2D eigenvalue weighted by Crippen LogP contribution is -2.28. The summed E-state index contributed by atoms with van der Waals surface area (Å²) in [6.07, 6.45) is 4.42. The summed E-state index contributed by atoms with van der Waals surface area (Å²) in [4.78, 5) is 4.19. The van der Waals surface area contributed by atoms with Crippen molar-refractivity contribution in [2.75, 3.05) is 11.9 Å². The number of rotatable bonds is 5. The van der Waals surface area contributed by atoms with Crippen LogP contribution in [0, 0.1) is 5.92 Å². The molecule has 0 saturated carbocycles. The Morgan fingerprint density at radius 2 is 2.29 bits per heavy atom. The van der Waals surface area contributed by atoms with Crippen molar-refractivity contribution in [2.45, 2.75) is 26.3 Å². The number of aliphatic hydroxyl groups is 1. The Balaban J connectivity index is 2.60. The van der Waals surface area contributed by atoms with Gasteiger partial charge in [0.2, 0.25) is 5.95 Å².